The topological polar surface area (TPSA) is 41.6 Å². The van der Waals surface area contributed by atoms with Crippen LogP contribution in [0.15, 0.2) is 54.6 Å². The molecule has 0 aliphatic carbocycles. The van der Waals surface area contributed by atoms with Crippen LogP contribution in [0.2, 0.25) is 0 Å². The number of carbonyl (C=O) groups is 1. The molecule has 1 aliphatic heterocycles. The highest BCUT2D eigenvalue weighted by molar-refractivity contribution is 5.67. The van der Waals surface area contributed by atoms with E-state index in [0.29, 0.717) is 6.54 Å². The van der Waals surface area contributed by atoms with E-state index in [4.69, 9.17) is 4.74 Å². The molecule has 26 heavy (non-hydrogen) atoms. The Morgan fingerprint density at radius 2 is 1.77 bits per heavy atom. The van der Waals surface area contributed by atoms with Gasteiger partial charge in [-0.1, -0.05) is 54.6 Å². The summed E-state index contributed by atoms with van der Waals surface area (Å²) < 4.78 is 5.31. The standard InChI is InChI=1S/C22H28N2O2/c1-22(2,3)26-21(25)23-16-17-9-7-12-19(15-17)20(24-13-8-14-24)18-10-5-4-6-11-18/h4-7,9-12,15,20H,8,13-14,16H2,1-3H3,(H,23,25). The van der Waals surface area contributed by atoms with Crippen molar-refractivity contribution in [3.05, 3.63) is 71.3 Å². The zero-order chi connectivity index (χ0) is 18.6. The van der Waals surface area contributed by atoms with Crippen molar-refractivity contribution < 1.29 is 9.53 Å². The van der Waals surface area contributed by atoms with Gasteiger partial charge in [-0.15, -0.1) is 0 Å². The average molecular weight is 352 g/mol. The van der Waals surface area contributed by atoms with Gasteiger partial charge < -0.3 is 10.1 Å². The van der Waals surface area contributed by atoms with Gasteiger partial charge in [0.25, 0.3) is 0 Å². The number of amides is 1. The van der Waals surface area contributed by atoms with Gasteiger partial charge in [0.2, 0.25) is 0 Å². The smallest absolute Gasteiger partial charge is 0.407 e. The zero-order valence-corrected chi connectivity index (χ0v) is 15.9. The van der Waals surface area contributed by atoms with E-state index >= 15 is 0 Å². The molecule has 0 radical (unpaired) electrons. The summed E-state index contributed by atoms with van der Waals surface area (Å²) in [5, 5.41) is 2.84. The Labute approximate surface area is 156 Å². The molecule has 0 saturated carbocycles. The van der Waals surface area contributed by atoms with Crippen molar-refractivity contribution in [1.82, 2.24) is 10.2 Å². The Balaban J connectivity index is 1.73. The largest absolute Gasteiger partial charge is 0.444 e. The van der Waals surface area contributed by atoms with Gasteiger partial charge in [0, 0.05) is 19.6 Å². The minimum absolute atomic E-state index is 0.270. The Hall–Kier alpha value is -2.33. The van der Waals surface area contributed by atoms with E-state index in [9.17, 15) is 4.79 Å². The van der Waals surface area contributed by atoms with Crippen LogP contribution in [0, 0.1) is 0 Å². The van der Waals surface area contributed by atoms with Gasteiger partial charge in [0.15, 0.2) is 0 Å². The lowest BCUT2D eigenvalue weighted by atomic mass is 9.93. The van der Waals surface area contributed by atoms with Crippen LogP contribution in [0.25, 0.3) is 0 Å². The first kappa shape index (κ1) is 18.5. The number of alkyl carbamates (subject to hydrolysis) is 1. The number of hydrogen-bond acceptors (Lipinski definition) is 3. The fourth-order valence-electron chi connectivity index (χ4n) is 3.21. The molecule has 1 saturated heterocycles. The summed E-state index contributed by atoms with van der Waals surface area (Å²) in [4.78, 5) is 14.4. The summed E-state index contributed by atoms with van der Waals surface area (Å²) >= 11 is 0. The second-order valence-corrected chi connectivity index (χ2v) is 7.80. The fourth-order valence-corrected chi connectivity index (χ4v) is 3.21. The molecule has 1 atom stereocenters. The van der Waals surface area contributed by atoms with E-state index in [2.05, 4.69) is 58.7 Å². The third kappa shape index (κ3) is 4.85. The van der Waals surface area contributed by atoms with Crippen LogP contribution in [0.5, 0.6) is 0 Å². The Morgan fingerprint density at radius 1 is 1.08 bits per heavy atom. The van der Waals surface area contributed by atoms with E-state index in [1.54, 1.807) is 0 Å². The van der Waals surface area contributed by atoms with E-state index in [0.717, 1.165) is 18.7 Å². The minimum atomic E-state index is -0.484. The molecule has 2 aromatic rings. The normalized spacial score (nSPS) is 15.8. The number of benzene rings is 2. The van der Waals surface area contributed by atoms with Crippen molar-refractivity contribution in [1.29, 1.82) is 0 Å². The molecular weight excluding hydrogens is 324 g/mol. The predicted octanol–water partition coefficient (Wildman–Crippen LogP) is 4.51. The molecule has 138 valence electrons. The van der Waals surface area contributed by atoms with Crippen LogP contribution in [0.1, 0.15) is 49.9 Å². The summed E-state index contributed by atoms with van der Waals surface area (Å²) in [5.74, 6) is 0. The Bertz CT molecular complexity index is 733. The summed E-state index contributed by atoms with van der Waals surface area (Å²) in [5.41, 5.74) is 3.17. The van der Waals surface area contributed by atoms with Crippen molar-refractivity contribution in [3.63, 3.8) is 0 Å². The van der Waals surface area contributed by atoms with Crippen molar-refractivity contribution in [2.24, 2.45) is 0 Å². The van der Waals surface area contributed by atoms with Crippen LogP contribution in [-0.4, -0.2) is 29.7 Å². The van der Waals surface area contributed by atoms with Crippen LogP contribution >= 0.6 is 0 Å². The van der Waals surface area contributed by atoms with Crippen LogP contribution in [0.3, 0.4) is 0 Å². The molecular formula is C22H28N2O2. The molecule has 4 heteroatoms. The molecule has 3 rings (SSSR count). The lowest BCUT2D eigenvalue weighted by molar-refractivity contribution is 0.0523. The highest BCUT2D eigenvalue weighted by Gasteiger charge is 2.26. The van der Waals surface area contributed by atoms with E-state index in [1.165, 1.54) is 17.5 Å². The Kier molecular flexibility index (Phi) is 5.62. The van der Waals surface area contributed by atoms with Crippen molar-refractivity contribution in [2.75, 3.05) is 13.1 Å². The van der Waals surface area contributed by atoms with Gasteiger partial charge in [-0.3, -0.25) is 4.90 Å². The molecule has 1 N–H and O–H groups in total. The molecule has 1 amide bonds. The number of rotatable bonds is 5. The lowest BCUT2D eigenvalue weighted by Crippen LogP contribution is -2.40. The number of nitrogens with zero attached hydrogens (tertiary/aromatic N) is 1. The monoisotopic (exact) mass is 352 g/mol. The summed E-state index contributed by atoms with van der Waals surface area (Å²) in [6, 6.07) is 19.4. The quantitative estimate of drug-likeness (QED) is 0.861. The molecule has 2 aromatic carbocycles. The second-order valence-electron chi connectivity index (χ2n) is 7.80. The summed E-state index contributed by atoms with van der Waals surface area (Å²) in [6.45, 7) is 8.31. The van der Waals surface area contributed by atoms with Gasteiger partial charge in [-0.05, 0) is 43.9 Å². The average Bonchev–Trinajstić information content (AvgIpc) is 2.55. The Morgan fingerprint density at radius 3 is 2.38 bits per heavy atom. The molecule has 0 spiro atoms. The molecule has 0 bridgehead atoms. The summed E-state index contributed by atoms with van der Waals surface area (Å²) in [6.07, 6.45) is 0.869. The maximum absolute atomic E-state index is 11.9. The maximum Gasteiger partial charge on any atom is 0.407 e. The first-order chi connectivity index (χ1) is 12.4. The van der Waals surface area contributed by atoms with Crippen LogP contribution in [0.4, 0.5) is 4.79 Å². The zero-order valence-electron chi connectivity index (χ0n) is 15.9. The van der Waals surface area contributed by atoms with Crippen LogP contribution in [-0.2, 0) is 11.3 Å². The third-order valence-corrected chi connectivity index (χ3v) is 4.47. The molecule has 1 aliphatic rings. The first-order valence-corrected chi connectivity index (χ1v) is 9.27. The minimum Gasteiger partial charge on any atom is -0.444 e. The summed E-state index contributed by atoms with van der Waals surface area (Å²) in [7, 11) is 0. The highest BCUT2D eigenvalue weighted by atomic mass is 16.6. The number of likely N-dealkylation sites (tertiary alicyclic amines) is 1. The third-order valence-electron chi connectivity index (χ3n) is 4.47. The second kappa shape index (κ2) is 7.92. The number of hydrogen-bond donors (Lipinski definition) is 1. The first-order valence-electron chi connectivity index (χ1n) is 9.27. The van der Waals surface area contributed by atoms with Crippen molar-refractivity contribution in [3.8, 4) is 0 Å². The number of ether oxygens (including phenoxy) is 1. The van der Waals surface area contributed by atoms with Gasteiger partial charge in [-0.25, -0.2) is 4.79 Å². The van der Waals surface area contributed by atoms with Gasteiger partial charge >= 0.3 is 6.09 Å². The predicted molar refractivity (Wildman–Crippen MR) is 104 cm³/mol. The number of nitrogens with one attached hydrogen (secondary N) is 1. The van der Waals surface area contributed by atoms with Crippen molar-refractivity contribution >= 4 is 6.09 Å². The maximum atomic E-state index is 11.9. The SMILES string of the molecule is CC(C)(C)OC(=O)NCc1cccc(C(c2ccccc2)N2CCC2)c1. The molecule has 1 heterocycles. The fraction of sp³-hybridized carbons (Fsp3) is 0.409. The molecule has 0 aromatic heterocycles. The van der Waals surface area contributed by atoms with E-state index in [1.807, 2.05) is 26.8 Å². The molecule has 4 nitrogen and oxygen atoms in total. The van der Waals surface area contributed by atoms with Crippen molar-refractivity contribution in [2.45, 2.75) is 45.4 Å². The highest BCUT2D eigenvalue weighted by Crippen LogP contribution is 2.32. The van der Waals surface area contributed by atoms with E-state index in [-0.39, 0.29) is 12.1 Å². The number of carbonyl (C=O) groups excluding carboxylic acids is 1. The van der Waals surface area contributed by atoms with Crippen LogP contribution < -0.4 is 5.32 Å². The molecule has 1 unspecified atom stereocenters. The lowest BCUT2D eigenvalue weighted by Gasteiger charge is -2.39. The van der Waals surface area contributed by atoms with Gasteiger partial charge in [-0.2, -0.15) is 0 Å². The molecule has 1 fully saturated rings. The van der Waals surface area contributed by atoms with Gasteiger partial charge in [0.1, 0.15) is 5.60 Å². The van der Waals surface area contributed by atoms with Gasteiger partial charge in [0.05, 0.1) is 6.04 Å². The van der Waals surface area contributed by atoms with E-state index < -0.39 is 5.60 Å².